The summed E-state index contributed by atoms with van der Waals surface area (Å²) in [6.07, 6.45) is 4.83. The highest BCUT2D eigenvalue weighted by atomic mass is 15.2. The first kappa shape index (κ1) is 7.55. The molecule has 1 aliphatic carbocycles. The average Bonchev–Trinajstić information content (AvgIpc) is 2.17. The molecule has 0 bridgehead atoms. The maximum absolute atomic E-state index is 5.27. The van der Waals surface area contributed by atoms with E-state index in [1.165, 1.54) is 30.5 Å². The van der Waals surface area contributed by atoms with Crippen molar-refractivity contribution in [1.82, 2.24) is 4.98 Å². The van der Waals surface area contributed by atoms with Crippen LogP contribution in [-0.2, 0) is 12.8 Å². The van der Waals surface area contributed by atoms with Gasteiger partial charge in [-0.2, -0.15) is 0 Å². The highest BCUT2D eigenvalue weighted by Gasteiger charge is 2.09. The highest BCUT2D eigenvalue weighted by molar-refractivity contribution is 5.38. The second-order valence-corrected chi connectivity index (χ2v) is 3.15. The molecule has 0 fully saturated rings. The summed E-state index contributed by atoms with van der Waals surface area (Å²) < 4.78 is 0. The number of pyridine rings is 1. The van der Waals surface area contributed by atoms with Crippen molar-refractivity contribution in [3.8, 4) is 0 Å². The van der Waals surface area contributed by atoms with Crippen LogP contribution in [0.25, 0.3) is 0 Å². The number of nitrogens with zero attached hydrogens (tertiary/aromatic N) is 1. The van der Waals surface area contributed by atoms with Crippen LogP contribution in [0, 0.1) is 0 Å². The number of hydrogen-bond donors (Lipinski definition) is 2. The fourth-order valence-electron chi connectivity index (χ4n) is 1.66. The van der Waals surface area contributed by atoms with Gasteiger partial charge in [0.1, 0.15) is 5.82 Å². The molecule has 0 saturated heterocycles. The second kappa shape index (κ2) is 3.11. The van der Waals surface area contributed by atoms with Crippen molar-refractivity contribution >= 4 is 5.82 Å². The number of hydrogen-bond acceptors (Lipinski definition) is 3. The summed E-state index contributed by atoms with van der Waals surface area (Å²) in [7, 11) is 0. The summed E-state index contributed by atoms with van der Waals surface area (Å²) in [6.45, 7) is 0. The lowest BCUT2D eigenvalue weighted by molar-refractivity contribution is 0.668. The third-order valence-corrected chi connectivity index (χ3v) is 2.33. The predicted octanol–water partition coefficient (Wildman–Crippen LogP) is 1.25. The molecular formula is C9H13N3. The van der Waals surface area contributed by atoms with Crippen LogP contribution < -0.4 is 11.3 Å². The molecule has 0 atom stereocenters. The summed E-state index contributed by atoms with van der Waals surface area (Å²) in [4.78, 5) is 4.40. The van der Waals surface area contributed by atoms with E-state index in [0.29, 0.717) is 0 Å². The van der Waals surface area contributed by atoms with Crippen molar-refractivity contribution in [1.29, 1.82) is 0 Å². The van der Waals surface area contributed by atoms with Crippen molar-refractivity contribution in [2.75, 3.05) is 5.43 Å². The topological polar surface area (TPSA) is 50.9 Å². The van der Waals surface area contributed by atoms with Gasteiger partial charge < -0.3 is 5.43 Å². The van der Waals surface area contributed by atoms with E-state index in [1.54, 1.807) is 0 Å². The van der Waals surface area contributed by atoms with Crippen LogP contribution in [0.4, 0.5) is 5.82 Å². The molecule has 0 aliphatic heterocycles. The van der Waals surface area contributed by atoms with E-state index in [2.05, 4.69) is 16.5 Å². The third-order valence-electron chi connectivity index (χ3n) is 2.33. The molecular weight excluding hydrogens is 150 g/mol. The molecule has 3 nitrogen and oxygen atoms in total. The standard InChI is InChI=1S/C9H13N3/c10-12-9-6-5-7-3-1-2-4-8(7)11-9/h5-6H,1-4,10H2,(H,11,12). The van der Waals surface area contributed by atoms with E-state index < -0.39 is 0 Å². The van der Waals surface area contributed by atoms with Gasteiger partial charge in [-0.25, -0.2) is 10.8 Å². The van der Waals surface area contributed by atoms with E-state index >= 15 is 0 Å². The number of nitrogen functional groups attached to an aromatic ring is 1. The maximum Gasteiger partial charge on any atom is 0.140 e. The molecule has 3 N–H and O–H groups in total. The van der Waals surface area contributed by atoms with Crippen molar-refractivity contribution in [2.24, 2.45) is 5.84 Å². The normalized spacial score (nSPS) is 15.4. The zero-order chi connectivity index (χ0) is 8.39. The molecule has 0 amide bonds. The highest BCUT2D eigenvalue weighted by Crippen LogP contribution is 2.20. The Hall–Kier alpha value is -1.09. The van der Waals surface area contributed by atoms with Crippen LogP contribution in [0.2, 0.25) is 0 Å². The Morgan fingerprint density at radius 1 is 1.25 bits per heavy atom. The van der Waals surface area contributed by atoms with Crippen LogP contribution in [0.15, 0.2) is 12.1 Å². The Morgan fingerprint density at radius 3 is 2.92 bits per heavy atom. The minimum absolute atomic E-state index is 0.774. The SMILES string of the molecule is NNc1ccc2c(n1)CCCC2. The summed E-state index contributed by atoms with van der Waals surface area (Å²) in [6, 6.07) is 4.06. The van der Waals surface area contributed by atoms with Gasteiger partial charge in [-0.05, 0) is 37.3 Å². The van der Waals surface area contributed by atoms with Gasteiger partial charge in [0, 0.05) is 5.69 Å². The second-order valence-electron chi connectivity index (χ2n) is 3.15. The molecule has 1 heterocycles. The molecule has 64 valence electrons. The van der Waals surface area contributed by atoms with Crippen LogP contribution in [-0.4, -0.2) is 4.98 Å². The Morgan fingerprint density at radius 2 is 2.08 bits per heavy atom. The van der Waals surface area contributed by atoms with E-state index in [4.69, 9.17) is 5.84 Å². The van der Waals surface area contributed by atoms with Crippen molar-refractivity contribution in [3.63, 3.8) is 0 Å². The van der Waals surface area contributed by atoms with Gasteiger partial charge in [0.15, 0.2) is 0 Å². The molecule has 0 spiro atoms. The first-order chi connectivity index (χ1) is 5.90. The largest absolute Gasteiger partial charge is 0.308 e. The van der Waals surface area contributed by atoms with Crippen molar-refractivity contribution in [3.05, 3.63) is 23.4 Å². The van der Waals surface area contributed by atoms with Crippen molar-refractivity contribution in [2.45, 2.75) is 25.7 Å². The van der Waals surface area contributed by atoms with Crippen molar-refractivity contribution < 1.29 is 0 Å². The molecule has 0 saturated carbocycles. The lowest BCUT2D eigenvalue weighted by Crippen LogP contribution is -2.12. The summed E-state index contributed by atoms with van der Waals surface area (Å²) in [5.41, 5.74) is 5.17. The molecule has 1 aromatic heterocycles. The van der Waals surface area contributed by atoms with Crippen LogP contribution in [0.1, 0.15) is 24.1 Å². The number of anilines is 1. The lowest BCUT2D eigenvalue weighted by Gasteiger charge is -2.14. The number of nitrogens with two attached hydrogens (primary N) is 1. The predicted molar refractivity (Wildman–Crippen MR) is 48.7 cm³/mol. The van der Waals surface area contributed by atoms with Crippen LogP contribution >= 0.6 is 0 Å². The number of rotatable bonds is 1. The van der Waals surface area contributed by atoms with E-state index in [1.807, 2.05) is 6.07 Å². The van der Waals surface area contributed by atoms with Crippen LogP contribution in [0.3, 0.4) is 0 Å². The summed E-state index contributed by atoms with van der Waals surface area (Å²) in [5, 5.41) is 0. The van der Waals surface area contributed by atoms with E-state index in [-0.39, 0.29) is 0 Å². The Balaban J connectivity index is 2.36. The summed E-state index contributed by atoms with van der Waals surface area (Å²) in [5.74, 6) is 6.04. The number of nitrogens with one attached hydrogen (secondary N) is 1. The average molecular weight is 163 g/mol. The van der Waals surface area contributed by atoms with Gasteiger partial charge in [-0.15, -0.1) is 0 Å². The Bertz CT molecular complexity index is 283. The van der Waals surface area contributed by atoms with Gasteiger partial charge in [0.2, 0.25) is 0 Å². The Kier molecular flexibility index (Phi) is 1.96. The zero-order valence-electron chi connectivity index (χ0n) is 7.01. The molecule has 3 heteroatoms. The first-order valence-corrected chi connectivity index (χ1v) is 4.35. The zero-order valence-corrected chi connectivity index (χ0v) is 7.01. The fourth-order valence-corrected chi connectivity index (χ4v) is 1.66. The van der Waals surface area contributed by atoms with Gasteiger partial charge in [-0.1, -0.05) is 6.07 Å². The van der Waals surface area contributed by atoms with Gasteiger partial charge >= 0.3 is 0 Å². The molecule has 0 unspecified atom stereocenters. The smallest absolute Gasteiger partial charge is 0.140 e. The number of hydrazine groups is 1. The van der Waals surface area contributed by atoms with Gasteiger partial charge in [-0.3, -0.25) is 0 Å². The number of aromatic nitrogens is 1. The van der Waals surface area contributed by atoms with Crippen LogP contribution in [0.5, 0.6) is 0 Å². The minimum atomic E-state index is 0.774. The van der Waals surface area contributed by atoms with E-state index in [0.717, 1.165) is 12.2 Å². The molecule has 0 aromatic carbocycles. The monoisotopic (exact) mass is 163 g/mol. The first-order valence-electron chi connectivity index (χ1n) is 4.35. The molecule has 2 rings (SSSR count). The fraction of sp³-hybridized carbons (Fsp3) is 0.444. The lowest BCUT2D eigenvalue weighted by atomic mass is 9.96. The quantitative estimate of drug-likeness (QED) is 0.484. The Labute approximate surface area is 72.0 Å². The third kappa shape index (κ3) is 1.28. The molecule has 0 radical (unpaired) electrons. The minimum Gasteiger partial charge on any atom is -0.308 e. The van der Waals surface area contributed by atoms with E-state index in [9.17, 15) is 0 Å². The summed E-state index contributed by atoms with van der Waals surface area (Å²) >= 11 is 0. The number of aryl methyl sites for hydroxylation is 2. The molecule has 1 aliphatic rings. The maximum atomic E-state index is 5.27. The number of fused-ring (bicyclic) bond motifs is 1. The molecule has 12 heavy (non-hydrogen) atoms. The molecule has 1 aromatic rings. The van der Waals surface area contributed by atoms with Gasteiger partial charge in [0.05, 0.1) is 0 Å². The van der Waals surface area contributed by atoms with Gasteiger partial charge in [0.25, 0.3) is 0 Å².